The average molecular weight is 403 g/mol. The molecule has 1 N–H and O–H groups in total. The summed E-state index contributed by atoms with van der Waals surface area (Å²) in [7, 11) is -0.0146. The normalized spacial score (nSPS) is 11.7. The largest absolute Gasteiger partial charge is 0.419 e. The first-order valence-corrected chi connectivity index (χ1v) is 10.3. The van der Waals surface area contributed by atoms with Gasteiger partial charge in [-0.3, -0.25) is 0 Å². The monoisotopic (exact) mass is 403 g/mol. The Morgan fingerprint density at radius 2 is 1.75 bits per heavy atom. The van der Waals surface area contributed by atoms with Crippen molar-refractivity contribution in [1.82, 2.24) is 9.88 Å². The van der Waals surface area contributed by atoms with Crippen molar-refractivity contribution in [1.29, 1.82) is 0 Å². The van der Waals surface area contributed by atoms with Gasteiger partial charge < -0.3 is 14.6 Å². The van der Waals surface area contributed by atoms with Gasteiger partial charge in [-0.2, -0.15) is 4.98 Å². The van der Waals surface area contributed by atoms with Gasteiger partial charge in [-0.1, -0.05) is 30.3 Å². The second kappa shape index (κ2) is 8.53. The molecule has 0 aliphatic heterocycles. The fourth-order valence-electron chi connectivity index (χ4n) is 2.66. The third kappa shape index (κ3) is 4.40. The zero-order chi connectivity index (χ0) is 20.1. The van der Waals surface area contributed by atoms with E-state index in [0.717, 1.165) is 13.0 Å². The van der Waals surface area contributed by atoms with Gasteiger partial charge >= 0.3 is 0 Å². The number of sulfone groups is 1. The summed E-state index contributed by atoms with van der Waals surface area (Å²) in [5.41, 5.74) is 0.105. The van der Waals surface area contributed by atoms with E-state index in [9.17, 15) is 12.8 Å². The molecular weight excluding hydrogens is 381 g/mol. The Bertz CT molecular complexity index is 1030. The highest BCUT2D eigenvalue weighted by Crippen LogP contribution is 2.33. The molecule has 148 valence electrons. The van der Waals surface area contributed by atoms with Crippen LogP contribution in [0.1, 0.15) is 6.42 Å². The molecule has 6 nitrogen and oxygen atoms in total. The van der Waals surface area contributed by atoms with Crippen LogP contribution in [0.2, 0.25) is 0 Å². The zero-order valence-corrected chi connectivity index (χ0v) is 16.5. The van der Waals surface area contributed by atoms with E-state index in [2.05, 4.69) is 10.3 Å². The van der Waals surface area contributed by atoms with Crippen LogP contribution >= 0.6 is 0 Å². The summed E-state index contributed by atoms with van der Waals surface area (Å²) in [5, 5.41) is 2.75. The molecule has 1 heterocycles. The predicted octanol–water partition coefficient (Wildman–Crippen LogP) is 3.68. The Balaban J connectivity index is 2.00. The molecule has 0 radical (unpaired) electrons. The lowest BCUT2D eigenvalue weighted by Gasteiger charge is -2.10. The topological polar surface area (TPSA) is 75.4 Å². The summed E-state index contributed by atoms with van der Waals surface area (Å²) < 4.78 is 45.9. The number of anilines is 1. The summed E-state index contributed by atoms with van der Waals surface area (Å²) in [4.78, 5) is 6.25. The first-order valence-electron chi connectivity index (χ1n) is 8.84. The zero-order valence-electron chi connectivity index (χ0n) is 15.7. The predicted molar refractivity (Wildman–Crippen MR) is 105 cm³/mol. The van der Waals surface area contributed by atoms with Gasteiger partial charge in [0.1, 0.15) is 5.82 Å². The number of hydrogen-bond acceptors (Lipinski definition) is 6. The Hall–Kier alpha value is -2.71. The van der Waals surface area contributed by atoms with Gasteiger partial charge in [0.15, 0.2) is 0 Å². The molecule has 0 unspecified atom stereocenters. The number of hydrogen-bond donors (Lipinski definition) is 1. The van der Waals surface area contributed by atoms with Crippen molar-refractivity contribution in [2.75, 3.05) is 32.5 Å². The van der Waals surface area contributed by atoms with E-state index < -0.39 is 15.7 Å². The van der Waals surface area contributed by atoms with Gasteiger partial charge in [0.2, 0.25) is 26.6 Å². The molecule has 0 saturated carbocycles. The quantitative estimate of drug-likeness (QED) is 0.579. The summed E-state index contributed by atoms with van der Waals surface area (Å²) in [6, 6.07) is 13.9. The molecule has 3 rings (SSSR count). The highest BCUT2D eigenvalue weighted by molar-refractivity contribution is 7.91. The molecule has 1 aromatic heterocycles. The Kier molecular flexibility index (Phi) is 6.11. The van der Waals surface area contributed by atoms with Crippen LogP contribution in [-0.2, 0) is 9.84 Å². The molecule has 3 aromatic rings. The van der Waals surface area contributed by atoms with Crippen molar-refractivity contribution in [2.45, 2.75) is 16.3 Å². The van der Waals surface area contributed by atoms with Gasteiger partial charge in [-0.05, 0) is 51.3 Å². The summed E-state index contributed by atoms with van der Waals surface area (Å²) in [6.07, 6.45) is 0.771. The van der Waals surface area contributed by atoms with E-state index in [0.29, 0.717) is 6.54 Å². The van der Waals surface area contributed by atoms with Crippen molar-refractivity contribution in [3.63, 3.8) is 0 Å². The van der Waals surface area contributed by atoms with Gasteiger partial charge in [0.25, 0.3) is 0 Å². The van der Waals surface area contributed by atoms with Crippen LogP contribution in [0, 0.1) is 5.82 Å². The number of nitrogens with zero attached hydrogens (tertiary/aromatic N) is 2. The maximum atomic E-state index is 14.2. The SMILES string of the molecule is CN(C)CCCNc1oc(-c2ccccc2F)nc1S(=O)(=O)c1ccccc1. The average Bonchev–Trinajstić information content (AvgIpc) is 3.11. The number of oxazole rings is 1. The Morgan fingerprint density at radius 3 is 2.43 bits per heavy atom. The molecular formula is C20H22FN3O3S. The first-order chi connectivity index (χ1) is 13.4. The number of benzene rings is 2. The minimum atomic E-state index is -3.92. The van der Waals surface area contributed by atoms with Crippen molar-refractivity contribution in [2.24, 2.45) is 0 Å². The van der Waals surface area contributed by atoms with Crippen molar-refractivity contribution < 1.29 is 17.2 Å². The standard InChI is InChI=1S/C20H22FN3O3S/c1-24(2)14-8-13-22-19-20(28(25,26)15-9-4-3-5-10-15)23-18(27-19)16-11-6-7-12-17(16)21/h3-7,9-12,22H,8,13-14H2,1-2H3. The number of halogens is 1. The van der Waals surface area contributed by atoms with Crippen LogP contribution < -0.4 is 5.32 Å². The molecule has 0 saturated heterocycles. The van der Waals surface area contributed by atoms with E-state index >= 15 is 0 Å². The number of aromatic nitrogens is 1. The van der Waals surface area contributed by atoms with E-state index in [1.807, 2.05) is 19.0 Å². The molecule has 0 aliphatic rings. The fraction of sp³-hybridized carbons (Fsp3) is 0.250. The van der Waals surface area contributed by atoms with Crippen molar-refractivity contribution in [3.05, 3.63) is 60.4 Å². The molecule has 0 atom stereocenters. The van der Waals surface area contributed by atoms with Gasteiger partial charge in [0, 0.05) is 6.54 Å². The van der Waals surface area contributed by atoms with Crippen molar-refractivity contribution in [3.8, 4) is 11.5 Å². The fourth-order valence-corrected chi connectivity index (χ4v) is 3.96. The van der Waals surface area contributed by atoms with Crippen LogP contribution in [0.15, 0.2) is 68.9 Å². The lowest BCUT2D eigenvalue weighted by Crippen LogP contribution is -2.17. The smallest absolute Gasteiger partial charge is 0.233 e. The Labute approximate surface area is 163 Å². The number of rotatable bonds is 8. The summed E-state index contributed by atoms with van der Waals surface area (Å²) in [6.45, 7) is 1.31. The molecule has 8 heteroatoms. The molecule has 0 bridgehead atoms. The highest BCUT2D eigenvalue weighted by atomic mass is 32.2. The maximum absolute atomic E-state index is 14.2. The second-order valence-corrected chi connectivity index (χ2v) is 8.40. The van der Waals surface area contributed by atoms with Crippen LogP contribution in [0.5, 0.6) is 0 Å². The third-order valence-electron chi connectivity index (χ3n) is 4.08. The summed E-state index contributed by atoms with van der Waals surface area (Å²) in [5.74, 6) is -0.602. The lowest BCUT2D eigenvalue weighted by molar-refractivity contribution is 0.404. The van der Waals surface area contributed by atoms with Gasteiger partial charge in [-0.15, -0.1) is 0 Å². The van der Waals surface area contributed by atoms with Crippen molar-refractivity contribution >= 4 is 15.7 Å². The minimum Gasteiger partial charge on any atom is -0.419 e. The summed E-state index contributed by atoms with van der Waals surface area (Å²) >= 11 is 0. The van der Waals surface area contributed by atoms with Gasteiger partial charge in [0.05, 0.1) is 10.5 Å². The van der Waals surface area contributed by atoms with E-state index in [1.165, 1.54) is 24.3 Å². The number of nitrogens with one attached hydrogen (secondary N) is 1. The minimum absolute atomic E-state index is 0.0147. The van der Waals surface area contributed by atoms with E-state index in [-0.39, 0.29) is 27.3 Å². The molecule has 2 aromatic carbocycles. The highest BCUT2D eigenvalue weighted by Gasteiger charge is 2.28. The third-order valence-corrected chi connectivity index (χ3v) is 5.75. The van der Waals surface area contributed by atoms with Crippen LogP contribution in [0.3, 0.4) is 0 Å². The Morgan fingerprint density at radius 1 is 1.07 bits per heavy atom. The molecule has 28 heavy (non-hydrogen) atoms. The van der Waals surface area contributed by atoms with Crippen LogP contribution in [0.4, 0.5) is 10.3 Å². The molecule has 0 spiro atoms. The second-order valence-electron chi connectivity index (χ2n) is 6.53. The lowest BCUT2D eigenvalue weighted by atomic mass is 10.2. The first kappa shape index (κ1) is 20.0. The maximum Gasteiger partial charge on any atom is 0.233 e. The van der Waals surface area contributed by atoms with E-state index in [1.54, 1.807) is 30.3 Å². The van der Waals surface area contributed by atoms with Crippen LogP contribution in [-0.4, -0.2) is 45.5 Å². The van der Waals surface area contributed by atoms with Crippen LogP contribution in [0.25, 0.3) is 11.5 Å². The van der Waals surface area contributed by atoms with Gasteiger partial charge in [-0.25, -0.2) is 12.8 Å². The molecule has 0 fully saturated rings. The molecule has 0 aliphatic carbocycles. The molecule has 0 amide bonds. The van der Waals surface area contributed by atoms with E-state index in [4.69, 9.17) is 4.42 Å².